The lowest BCUT2D eigenvalue weighted by Gasteiger charge is -2.21. The van der Waals surface area contributed by atoms with Crippen LogP contribution in [0, 0.1) is 0 Å². The van der Waals surface area contributed by atoms with Crippen LogP contribution in [0.1, 0.15) is 44.4 Å². The lowest BCUT2D eigenvalue weighted by Crippen LogP contribution is -2.33. The summed E-state index contributed by atoms with van der Waals surface area (Å²) in [5.74, 6) is 0.0831. The number of hydrogen-bond acceptors (Lipinski definition) is 4. The van der Waals surface area contributed by atoms with Crippen LogP contribution < -0.4 is 10.6 Å². The Balaban J connectivity index is 1.87. The van der Waals surface area contributed by atoms with Gasteiger partial charge in [0.2, 0.25) is 5.91 Å². The van der Waals surface area contributed by atoms with Gasteiger partial charge in [0.1, 0.15) is 0 Å². The van der Waals surface area contributed by atoms with Gasteiger partial charge in [-0.2, -0.15) is 0 Å². The maximum absolute atomic E-state index is 11.4. The van der Waals surface area contributed by atoms with Crippen LogP contribution in [0.5, 0.6) is 0 Å². The number of ether oxygens (including phenoxy) is 1. The van der Waals surface area contributed by atoms with Crippen LogP contribution in [0.2, 0.25) is 0 Å². The van der Waals surface area contributed by atoms with Crippen molar-refractivity contribution < 1.29 is 14.6 Å². The number of amides is 1. The van der Waals surface area contributed by atoms with E-state index in [0.717, 1.165) is 17.7 Å². The fraction of sp³-hybridized carbons (Fsp3) is 0.588. The molecule has 1 heterocycles. The third kappa shape index (κ3) is 4.80. The number of carbonyl (C=O) groups excluding carboxylic acids is 1. The maximum Gasteiger partial charge on any atom is 0.224 e. The molecule has 22 heavy (non-hydrogen) atoms. The molecule has 3 N–H and O–H groups in total. The standard InChI is InChI=1S/C17H26N2O3/c1-11(2)22-10-15(20)9-18-12(3)13-4-6-16-14(8-13)5-7-17(21)19-16/h4,6,8,11-12,15,18,20H,5,7,9-10H2,1-3H3,(H,19,21). The molecule has 2 unspecified atom stereocenters. The van der Waals surface area contributed by atoms with Gasteiger partial charge < -0.3 is 20.5 Å². The molecule has 1 amide bonds. The van der Waals surface area contributed by atoms with E-state index in [1.54, 1.807) is 0 Å². The van der Waals surface area contributed by atoms with Gasteiger partial charge in [-0.15, -0.1) is 0 Å². The number of anilines is 1. The molecule has 1 aliphatic rings. The Hall–Kier alpha value is -1.43. The Morgan fingerprint density at radius 2 is 2.09 bits per heavy atom. The molecule has 1 aromatic rings. The molecule has 2 atom stereocenters. The first-order chi connectivity index (χ1) is 10.5. The Kier molecular flexibility index (Phi) is 5.94. The van der Waals surface area contributed by atoms with Crippen LogP contribution >= 0.6 is 0 Å². The van der Waals surface area contributed by atoms with Crippen molar-refractivity contribution in [3.05, 3.63) is 29.3 Å². The third-order valence-corrected chi connectivity index (χ3v) is 3.81. The second-order valence-electron chi connectivity index (χ2n) is 6.13. The highest BCUT2D eigenvalue weighted by atomic mass is 16.5. The summed E-state index contributed by atoms with van der Waals surface area (Å²) in [4.78, 5) is 11.4. The van der Waals surface area contributed by atoms with Crippen molar-refractivity contribution in [1.82, 2.24) is 5.32 Å². The predicted octanol–water partition coefficient (Wildman–Crippen LogP) is 2.01. The smallest absolute Gasteiger partial charge is 0.224 e. The fourth-order valence-electron chi connectivity index (χ4n) is 2.47. The van der Waals surface area contributed by atoms with Crippen LogP contribution in [-0.2, 0) is 16.0 Å². The number of benzene rings is 1. The summed E-state index contributed by atoms with van der Waals surface area (Å²) in [7, 11) is 0. The summed E-state index contributed by atoms with van der Waals surface area (Å²) in [6, 6.07) is 6.23. The first-order valence-electron chi connectivity index (χ1n) is 7.91. The number of nitrogens with one attached hydrogen (secondary N) is 2. The van der Waals surface area contributed by atoms with Crippen LogP contribution in [0.15, 0.2) is 18.2 Å². The molecule has 1 aromatic carbocycles. The van der Waals surface area contributed by atoms with Crippen molar-refractivity contribution in [2.75, 3.05) is 18.5 Å². The minimum atomic E-state index is -0.512. The Labute approximate surface area is 132 Å². The molecule has 0 saturated carbocycles. The van der Waals surface area contributed by atoms with E-state index >= 15 is 0 Å². The van der Waals surface area contributed by atoms with Crippen molar-refractivity contribution in [1.29, 1.82) is 0 Å². The summed E-state index contributed by atoms with van der Waals surface area (Å²) >= 11 is 0. The van der Waals surface area contributed by atoms with Gasteiger partial charge in [-0.3, -0.25) is 4.79 Å². The lowest BCUT2D eigenvalue weighted by molar-refractivity contribution is -0.116. The number of aliphatic hydroxyl groups excluding tert-OH is 1. The monoisotopic (exact) mass is 306 g/mol. The molecule has 0 aliphatic carbocycles. The molecular weight excluding hydrogens is 280 g/mol. The maximum atomic E-state index is 11.4. The van der Waals surface area contributed by atoms with Crippen molar-refractivity contribution in [2.24, 2.45) is 0 Å². The highest BCUT2D eigenvalue weighted by Gasteiger charge is 2.16. The first-order valence-corrected chi connectivity index (χ1v) is 7.91. The fourth-order valence-corrected chi connectivity index (χ4v) is 2.47. The van der Waals surface area contributed by atoms with Gasteiger partial charge in [-0.05, 0) is 44.4 Å². The number of rotatable bonds is 7. The van der Waals surface area contributed by atoms with Crippen molar-refractivity contribution in [2.45, 2.75) is 51.9 Å². The normalized spacial score (nSPS) is 17.0. The van der Waals surface area contributed by atoms with Crippen LogP contribution in [0.3, 0.4) is 0 Å². The summed E-state index contributed by atoms with van der Waals surface area (Å²) in [5.41, 5.74) is 3.25. The molecule has 5 heteroatoms. The molecule has 5 nitrogen and oxygen atoms in total. The largest absolute Gasteiger partial charge is 0.389 e. The van der Waals surface area contributed by atoms with Gasteiger partial charge in [0.15, 0.2) is 0 Å². The summed E-state index contributed by atoms with van der Waals surface area (Å²) < 4.78 is 5.40. The third-order valence-electron chi connectivity index (χ3n) is 3.81. The van der Waals surface area contributed by atoms with Gasteiger partial charge in [0.25, 0.3) is 0 Å². The molecule has 0 saturated heterocycles. The van der Waals surface area contributed by atoms with Crippen LogP contribution in [0.25, 0.3) is 0 Å². The number of aliphatic hydroxyl groups is 1. The van der Waals surface area contributed by atoms with Crippen molar-refractivity contribution in [3.63, 3.8) is 0 Å². The van der Waals surface area contributed by atoms with Crippen molar-refractivity contribution >= 4 is 11.6 Å². The SMILES string of the molecule is CC(C)OCC(O)CNC(C)c1ccc2c(c1)CCC(=O)N2. The lowest BCUT2D eigenvalue weighted by atomic mass is 9.98. The minimum absolute atomic E-state index is 0.0831. The Bertz CT molecular complexity index is 517. The van der Waals surface area contributed by atoms with E-state index in [9.17, 15) is 9.90 Å². The topological polar surface area (TPSA) is 70.6 Å². The average molecular weight is 306 g/mol. The zero-order chi connectivity index (χ0) is 16.1. The molecule has 0 spiro atoms. The van der Waals surface area contributed by atoms with Gasteiger partial charge >= 0.3 is 0 Å². The minimum Gasteiger partial charge on any atom is -0.389 e. The number of fused-ring (bicyclic) bond motifs is 1. The summed E-state index contributed by atoms with van der Waals surface area (Å²) in [6.45, 7) is 6.80. The van der Waals surface area contributed by atoms with Crippen molar-refractivity contribution in [3.8, 4) is 0 Å². The van der Waals surface area contributed by atoms with E-state index in [1.165, 1.54) is 5.56 Å². The summed E-state index contributed by atoms with van der Waals surface area (Å²) in [6.07, 6.45) is 0.945. The molecule has 1 aliphatic heterocycles. The van der Waals surface area contributed by atoms with E-state index in [0.29, 0.717) is 19.6 Å². The molecule has 122 valence electrons. The van der Waals surface area contributed by atoms with E-state index in [1.807, 2.05) is 26.0 Å². The van der Waals surface area contributed by atoms with E-state index < -0.39 is 6.10 Å². The van der Waals surface area contributed by atoms with Crippen LogP contribution in [-0.4, -0.2) is 36.4 Å². The highest BCUT2D eigenvalue weighted by molar-refractivity contribution is 5.93. The Morgan fingerprint density at radius 1 is 1.32 bits per heavy atom. The van der Waals surface area contributed by atoms with E-state index in [4.69, 9.17) is 4.74 Å². The van der Waals surface area contributed by atoms with E-state index in [-0.39, 0.29) is 18.1 Å². The quantitative estimate of drug-likeness (QED) is 0.720. The Morgan fingerprint density at radius 3 is 2.82 bits per heavy atom. The highest BCUT2D eigenvalue weighted by Crippen LogP contribution is 2.26. The molecule has 0 aromatic heterocycles. The van der Waals surface area contributed by atoms with Gasteiger partial charge in [-0.25, -0.2) is 0 Å². The van der Waals surface area contributed by atoms with Crippen LogP contribution in [0.4, 0.5) is 5.69 Å². The van der Waals surface area contributed by atoms with E-state index in [2.05, 4.69) is 23.6 Å². The first kappa shape index (κ1) is 16.9. The second kappa shape index (κ2) is 7.72. The zero-order valence-corrected chi connectivity index (χ0v) is 13.6. The van der Waals surface area contributed by atoms with Gasteiger partial charge in [-0.1, -0.05) is 12.1 Å². The molecule has 0 fully saturated rings. The second-order valence-corrected chi connectivity index (χ2v) is 6.13. The van der Waals surface area contributed by atoms with Gasteiger partial charge in [0.05, 0.1) is 18.8 Å². The molecule has 0 bridgehead atoms. The predicted molar refractivity (Wildman–Crippen MR) is 86.9 cm³/mol. The molecule has 2 rings (SSSR count). The number of aryl methyl sites for hydroxylation is 1. The molecular formula is C17H26N2O3. The average Bonchev–Trinajstić information content (AvgIpc) is 2.49. The van der Waals surface area contributed by atoms with Gasteiger partial charge in [0, 0.05) is 24.7 Å². The zero-order valence-electron chi connectivity index (χ0n) is 13.6. The number of hydrogen-bond donors (Lipinski definition) is 3. The molecule has 0 radical (unpaired) electrons. The summed E-state index contributed by atoms with van der Waals surface area (Å²) in [5, 5.41) is 16.1. The number of carbonyl (C=O) groups is 1.